The lowest BCUT2D eigenvalue weighted by atomic mass is 10.1. The van der Waals surface area contributed by atoms with Gasteiger partial charge >= 0.3 is 0 Å². The number of hydrogen-bond donors (Lipinski definition) is 0. The molecule has 1 aromatic carbocycles. The first-order valence-electron chi connectivity index (χ1n) is 9.60. The number of rotatable bonds is 3. The molecule has 1 amide bonds. The van der Waals surface area contributed by atoms with Crippen LogP contribution in [0.1, 0.15) is 39.2 Å². The highest BCUT2D eigenvalue weighted by molar-refractivity contribution is 8.00. The molecule has 2 aliphatic rings. The number of amidine groups is 1. The lowest BCUT2D eigenvalue weighted by Gasteiger charge is -2.25. The van der Waals surface area contributed by atoms with Gasteiger partial charge < -0.3 is 9.80 Å². The third kappa shape index (κ3) is 3.97. The van der Waals surface area contributed by atoms with Crippen LogP contribution in [0.15, 0.2) is 34.2 Å². The standard InChI is InChI=1S/C20H26FN3O3S/c1-4-14(2)20(25)24-11-5-10-23(12-13-24)19-15(3)18(28(26,27)22-19)16-6-8-17(21)9-7-16/h6-9,14H,4-5,10-13H2,1-3H3. The van der Waals surface area contributed by atoms with E-state index in [1.54, 1.807) is 6.92 Å². The van der Waals surface area contributed by atoms with E-state index in [0.29, 0.717) is 43.2 Å². The molecule has 0 bridgehead atoms. The zero-order valence-corrected chi connectivity index (χ0v) is 17.3. The Labute approximate surface area is 165 Å². The predicted octanol–water partition coefficient (Wildman–Crippen LogP) is 2.88. The summed E-state index contributed by atoms with van der Waals surface area (Å²) in [7, 11) is -3.84. The van der Waals surface area contributed by atoms with E-state index in [4.69, 9.17) is 0 Å². The molecule has 0 N–H and O–H groups in total. The van der Waals surface area contributed by atoms with Gasteiger partial charge in [-0.05, 0) is 37.5 Å². The molecule has 152 valence electrons. The van der Waals surface area contributed by atoms with Gasteiger partial charge in [0.1, 0.15) is 16.6 Å². The van der Waals surface area contributed by atoms with Crippen molar-refractivity contribution in [2.45, 2.75) is 33.6 Å². The van der Waals surface area contributed by atoms with Crippen LogP contribution in [0.25, 0.3) is 4.91 Å². The fourth-order valence-electron chi connectivity index (χ4n) is 3.62. The smallest absolute Gasteiger partial charge is 0.285 e. The van der Waals surface area contributed by atoms with Crippen LogP contribution in [0.5, 0.6) is 0 Å². The summed E-state index contributed by atoms with van der Waals surface area (Å²) in [5.74, 6) is 0.140. The largest absolute Gasteiger partial charge is 0.354 e. The molecule has 8 heteroatoms. The molecule has 2 aliphatic heterocycles. The first-order chi connectivity index (χ1) is 13.2. The van der Waals surface area contributed by atoms with Crippen LogP contribution in [0.4, 0.5) is 4.39 Å². The van der Waals surface area contributed by atoms with Crippen LogP contribution in [0, 0.1) is 11.7 Å². The summed E-state index contributed by atoms with van der Waals surface area (Å²) >= 11 is 0. The Morgan fingerprint density at radius 3 is 2.50 bits per heavy atom. The van der Waals surface area contributed by atoms with E-state index < -0.39 is 15.8 Å². The van der Waals surface area contributed by atoms with Crippen molar-refractivity contribution in [1.29, 1.82) is 0 Å². The lowest BCUT2D eigenvalue weighted by Crippen LogP contribution is -2.39. The zero-order chi connectivity index (χ0) is 20.5. The molecular weight excluding hydrogens is 381 g/mol. The van der Waals surface area contributed by atoms with Crippen LogP contribution in [-0.2, 0) is 14.8 Å². The van der Waals surface area contributed by atoms with E-state index in [0.717, 1.165) is 12.8 Å². The number of amides is 1. The molecule has 28 heavy (non-hydrogen) atoms. The molecule has 1 atom stereocenters. The molecule has 6 nitrogen and oxygen atoms in total. The van der Waals surface area contributed by atoms with E-state index in [9.17, 15) is 17.6 Å². The monoisotopic (exact) mass is 407 g/mol. The number of halogens is 1. The second-order valence-electron chi connectivity index (χ2n) is 7.33. The molecule has 0 spiro atoms. The van der Waals surface area contributed by atoms with Crippen molar-refractivity contribution in [3.8, 4) is 0 Å². The van der Waals surface area contributed by atoms with Crippen molar-refractivity contribution in [2.24, 2.45) is 10.3 Å². The fourth-order valence-corrected chi connectivity index (χ4v) is 5.10. The normalized spacial score (nSPS) is 20.8. The minimum atomic E-state index is -3.84. The van der Waals surface area contributed by atoms with Crippen molar-refractivity contribution in [1.82, 2.24) is 9.80 Å². The third-order valence-corrected chi connectivity index (χ3v) is 6.86. The average molecular weight is 408 g/mol. The van der Waals surface area contributed by atoms with Gasteiger partial charge in [0.15, 0.2) is 0 Å². The van der Waals surface area contributed by atoms with Crippen molar-refractivity contribution in [3.63, 3.8) is 0 Å². The number of sulfonamides is 1. The second kappa shape index (κ2) is 8.03. The van der Waals surface area contributed by atoms with Crippen LogP contribution >= 0.6 is 0 Å². The summed E-state index contributed by atoms with van der Waals surface area (Å²) in [4.78, 5) is 16.4. The van der Waals surface area contributed by atoms with E-state index >= 15 is 0 Å². The van der Waals surface area contributed by atoms with Gasteiger partial charge in [0.25, 0.3) is 10.0 Å². The van der Waals surface area contributed by atoms with Crippen molar-refractivity contribution in [2.75, 3.05) is 26.2 Å². The maximum absolute atomic E-state index is 13.2. The Morgan fingerprint density at radius 1 is 1.18 bits per heavy atom. The van der Waals surface area contributed by atoms with Gasteiger partial charge in [0, 0.05) is 37.7 Å². The van der Waals surface area contributed by atoms with E-state index in [1.165, 1.54) is 24.3 Å². The highest BCUT2D eigenvalue weighted by Gasteiger charge is 2.34. The summed E-state index contributed by atoms with van der Waals surface area (Å²) < 4.78 is 42.6. The number of hydrogen-bond acceptors (Lipinski definition) is 4. The van der Waals surface area contributed by atoms with Gasteiger partial charge in [0.05, 0.1) is 0 Å². The molecule has 0 saturated carbocycles. The van der Waals surface area contributed by atoms with Crippen molar-refractivity contribution < 1.29 is 17.6 Å². The summed E-state index contributed by atoms with van der Waals surface area (Å²) in [6, 6.07) is 5.40. The van der Waals surface area contributed by atoms with E-state index in [1.807, 2.05) is 23.6 Å². The van der Waals surface area contributed by atoms with Gasteiger partial charge in [-0.3, -0.25) is 4.79 Å². The fraction of sp³-hybridized carbons (Fsp3) is 0.500. The van der Waals surface area contributed by atoms with Crippen LogP contribution < -0.4 is 0 Å². The van der Waals surface area contributed by atoms with Crippen LogP contribution in [0.3, 0.4) is 0 Å². The highest BCUT2D eigenvalue weighted by Crippen LogP contribution is 2.33. The second-order valence-corrected chi connectivity index (χ2v) is 8.87. The maximum Gasteiger partial charge on any atom is 0.285 e. The topological polar surface area (TPSA) is 70.1 Å². The summed E-state index contributed by atoms with van der Waals surface area (Å²) in [6.45, 7) is 8.03. The molecule has 1 fully saturated rings. The highest BCUT2D eigenvalue weighted by atomic mass is 32.2. The molecule has 1 unspecified atom stereocenters. The Morgan fingerprint density at radius 2 is 1.86 bits per heavy atom. The van der Waals surface area contributed by atoms with E-state index in [-0.39, 0.29) is 16.7 Å². The maximum atomic E-state index is 13.2. The zero-order valence-electron chi connectivity index (χ0n) is 16.5. The number of carbonyl (C=O) groups excluding carboxylic acids is 1. The molecule has 2 heterocycles. The molecule has 1 saturated heterocycles. The molecule has 0 radical (unpaired) electrons. The summed E-state index contributed by atoms with van der Waals surface area (Å²) in [5, 5.41) is 0. The molecular formula is C20H26FN3O3S. The Kier molecular flexibility index (Phi) is 5.88. The molecule has 0 aromatic heterocycles. The van der Waals surface area contributed by atoms with Gasteiger partial charge in [-0.25, -0.2) is 4.39 Å². The van der Waals surface area contributed by atoms with Gasteiger partial charge in [0.2, 0.25) is 5.91 Å². The third-order valence-electron chi connectivity index (χ3n) is 5.39. The minimum Gasteiger partial charge on any atom is -0.354 e. The van der Waals surface area contributed by atoms with Crippen LogP contribution in [-0.4, -0.2) is 56.1 Å². The lowest BCUT2D eigenvalue weighted by molar-refractivity contribution is -0.134. The van der Waals surface area contributed by atoms with Crippen LogP contribution in [0.2, 0.25) is 0 Å². The Hall–Kier alpha value is -2.22. The molecule has 3 rings (SSSR count). The number of benzene rings is 1. The quantitative estimate of drug-likeness (QED) is 0.773. The van der Waals surface area contributed by atoms with Gasteiger partial charge in [-0.2, -0.15) is 8.42 Å². The van der Waals surface area contributed by atoms with Crippen molar-refractivity contribution in [3.05, 3.63) is 41.2 Å². The minimum absolute atomic E-state index is 0.0116. The predicted molar refractivity (Wildman–Crippen MR) is 108 cm³/mol. The average Bonchev–Trinajstić information content (AvgIpc) is 2.83. The SMILES string of the molecule is CCC(C)C(=O)N1CCCN(C2=NS(=O)(=O)C(c3ccc(F)cc3)=C2C)CC1. The number of carbonyl (C=O) groups is 1. The summed E-state index contributed by atoms with van der Waals surface area (Å²) in [6.07, 6.45) is 1.55. The molecule has 1 aromatic rings. The first-order valence-corrected chi connectivity index (χ1v) is 11.0. The Bertz CT molecular complexity index is 923. The summed E-state index contributed by atoms with van der Waals surface area (Å²) in [5.41, 5.74) is 0.995. The van der Waals surface area contributed by atoms with Gasteiger partial charge in [-0.1, -0.05) is 26.0 Å². The molecule has 0 aliphatic carbocycles. The van der Waals surface area contributed by atoms with E-state index in [2.05, 4.69) is 4.40 Å². The van der Waals surface area contributed by atoms with Crippen molar-refractivity contribution >= 4 is 26.7 Å². The Balaban J connectivity index is 1.84. The first kappa shape index (κ1) is 20.5. The number of nitrogens with zero attached hydrogens (tertiary/aromatic N) is 3. The van der Waals surface area contributed by atoms with Gasteiger partial charge in [-0.15, -0.1) is 4.40 Å².